The van der Waals surface area contributed by atoms with Gasteiger partial charge in [0.25, 0.3) is 0 Å². The fourth-order valence-corrected chi connectivity index (χ4v) is 2.39. The Morgan fingerprint density at radius 2 is 2.12 bits per heavy atom. The fraction of sp³-hybridized carbons (Fsp3) is 0.538. The van der Waals surface area contributed by atoms with Gasteiger partial charge in [0.05, 0.1) is 0 Å². The maximum absolute atomic E-state index is 5.74. The molecule has 2 aliphatic heterocycles. The van der Waals surface area contributed by atoms with E-state index in [0.717, 1.165) is 25.1 Å². The van der Waals surface area contributed by atoms with E-state index in [0.29, 0.717) is 13.5 Å². The number of likely N-dealkylation sites (tertiary alicyclic amines) is 1. The van der Waals surface area contributed by atoms with Crippen LogP contribution in [0, 0.1) is 0 Å². The summed E-state index contributed by atoms with van der Waals surface area (Å²) >= 11 is 0. The van der Waals surface area contributed by atoms with Crippen LogP contribution in [-0.4, -0.2) is 37.3 Å². The average Bonchev–Trinajstić information content (AvgIpc) is 2.86. The number of hydrogen-bond donors (Lipinski definition) is 0. The minimum Gasteiger partial charge on any atom is -0.478 e. The third-order valence-corrected chi connectivity index (χ3v) is 3.27. The zero-order chi connectivity index (χ0) is 11.5. The molecule has 0 aromatic heterocycles. The molecule has 0 saturated carbocycles. The van der Waals surface area contributed by atoms with E-state index in [9.17, 15) is 0 Å². The summed E-state index contributed by atoms with van der Waals surface area (Å²) in [6.07, 6.45) is 2.53. The van der Waals surface area contributed by atoms with Crippen molar-refractivity contribution in [2.45, 2.75) is 25.2 Å². The number of nitrogens with zero attached hydrogens (tertiary/aromatic N) is 1. The molecule has 0 amide bonds. The molecule has 17 heavy (non-hydrogen) atoms. The highest BCUT2D eigenvalue weighted by atomic mass is 16.7. The number of benzene rings is 1. The van der Waals surface area contributed by atoms with Gasteiger partial charge >= 0.3 is 0 Å². The first-order valence-corrected chi connectivity index (χ1v) is 6.08. The van der Waals surface area contributed by atoms with E-state index in [1.807, 2.05) is 30.3 Å². The topological polar surface area (TPSA) is 30.9 Å². The number of fused-ring (bicyclic) bond motifs is 1. The van der Waals surface area contributed by atoms with Crippen LogP contribution in [0.3, 0.4) is 0 Å². The first-order valence-electron chi connectivity index (χ1n) is 6.08. The normalized spacial score (nSPS) is 28.9. The minimum atomic E-state index is 0.0764. The van der Waals surface area contributed by atoms with E-state index in [4.69, 9.17) is 14.2 Å². The molecule has 0 spiro atoms. The highest BCUT2D eigenvalue weighted by molar-refractivity contribution is 5.20. The van der Waals surface area contributed by atoms with Gasteiger partial charge in [-0.1, -0.05) is 18.2 Å². The number of ether oxygens (including phenoxy) is 3. The van der Waals surface area contributed by atoms with Gasteiger partial charge in [-0.2, -0.15) is 0 Å². The molecule has 4 nitrogen and oxygen atoms in total. The number of hydrogen-bond acceptors (Lipinski definition) is 4. The molecule has 1 aromatic rings. The first-order chi connectivity index (χ1) is 8.43. The second-order valence-electron chi connectivity index (χ2n) is 4.42. The van der Waals surface area contributed by atoms with E-state index in [-0.39, 0.29) is 12.3 Å². The number of piperidine rings is 1. The van der Waals surface area contributed by atoms with Crippen LogP contribution in [-0.2, 0) is 9.47 Å². The van der Waals surface area contributed by atoms with Gasteiger partial charge in [0.1, 0.15) is 31.6 Å². The molecule has 2 fully saturated rings. The van der Waals surface area contributed by atoms with Crippen molar-refractivity contribution in [2.24, 2.45) is 0 Å². The van der Waals surface area contributed by atoms with Crippen LogP contribution in [0.5, 0.6) is 5.75 Å². The van der Waals surface area contributed by atoms with Crippen molar-refractivity contribution in [3.63, 3.8) is 0 Å². The molecule has 2 saturated heterocycles. The van der Waals surface area contributed by atoms with Gasteiger partial charge in [0.2, 0.25) is 0 Å². The minimum absolute atomic E-state index is 0.0764. The predicted octanol–water partition coefficient (Wildman–Crippen LogP) is 1.82. The Bertz CT molecular complexity index is 357. The van der Waals surface area contributed by atoms with Crippen molar-refractivity contribution < 1.29 is 14.2 Å². The molecular weight excluding hydrogens is 218 g/mol. The van der Waals surface area contributed by atoms with Crippen molar-refractivity contribution in [3.8, 4) is 5.75 Å². The molecule has 2 heterocycles. The van der Waals surface area contributed by atoms with Gasteiger partial charge in [-0.15, -0.1) is 0 Å². The summed E-state index contributed by atoms with van der Waals surface area (Å²) in [6.45, 7) is 1.99. The summed E-state index contributed by atoms with van der Waals surface area (Å²) in [6, 6.07) is 9.87. The highest BCUT2D eigenvalue weighted by Crippen LogP contribution is 2.26. The van der Waals surface area contributed by atoms with E-state index >= 15 is 0 Å². The molecule has 3 rings (SSSR count). The van der Waals surface area contributed by atoms with Gasteiger partial charge in [0, 0.05) is 6.54 Å². The Balaban J connectivity index is 1.57. The van der Waals surface area contributed by atoms with Crippen molar-refractivity contribution in [1.82, 2.24) is 4.90 Å². The second-order valence-corrected chi connectivity index (χ2v) is 4.42. The molecule has 0 N–H and O–H groups in total. The molecule has 2 unspecified atom stereocenters. The Morgan fingerprint density at radius 1 is 1.24 bits per heavy atom. The second kappa shape index (κ2) is 5.04. The maximum atomic E-state index is 5.74. The first kappa shape index (κ1) is 11.0. The highest BCUT2D eigenvalue weighted by Gasteiger charge is 2.37. The summed E-state index contributed by atoms with van der Waals surface area (Å²) in [7, 11) is 0. The lowest BCUT2D eigenvalue weighted by Crippen LogP contribution is -2.48. The molecule has 0 bridgehead atoms. The Hall–Kier alpha value is -1.10. The molecule has 2 atom stereocenters. The monoisotopic (exact) mass is 235 g/mol. The summed E-state index contributed by atoms with van der Waals surface area (Å²) in [5.74, 6) is 0.897. The number of para-hydroxylation sites is 1. The SMILES string of the molecule is c1ccc(OCN2CCCC3OCOC32)cc1. The van der Waals surface area contributed by atoms with E-state index in [1.54, 1.807) is 0 Å². The van der Waals surface area contributed by atoms with Gasteiger partial charge in [-0.25, -0.2) is 4.90 Å². The average molecular weight is 235 g/mol. The van der Waals surface area contributed by atoms with Crippen molar-refractivity contribution in [3.05, 3.63) is 30.3 Å². The Labute approximate surface area is 101 Å². The van der Waals surface area contributed by atoms with Crippen LogP contribution < -0.4 is 4.74 Å². The number of rotatable bonds is 3. The summed E-state index contributed by atoms with van der Waals surface area (Å²) in [4.78, 5) is 2.20. The third kappa shape index (κ3) is 2.44. The molecule has 0 aliphatic carbocycles. The van der Waals surface area contributed by atoms with E-state index < -0.39 is 0 Å². The molecule has 0 radical (unpaired) electrons. The smallest absolute Gasteiger partial charge is 0.149 e. The molecule has 4 heteroatoms. The molecule has 1 aromatic carbocycles. The van der Waals surface area contributed by atoms with E-state index in [1.165, 1.54) is 0 Å². The van der Waals surface area contributed by atoms with E-state index in [2.05, 4.69) is 4.90 Å². The van der Waals surface area contributed by atoms with Gasteiger partial charge in [0.15, 0.2) is 0 Å². The predicted molar refractivity (Wildman–Crippen MR) is 62.5 cm³/mol. The van der Waals surface area contributed by atoms with Gasteiger partial charge in [-0.05, 0) is 25.0 Å². The quantitative estimate of drug-likeness (QED) is 0.799. The van der Waals surface area contributed by atoms with Crippen LogP contribution >= 0.6 is 0 Å². The van der Waals surface area contributed by atoms with Crippen molar-refractivity contribution in [2.75, 3.05) is 20.1 Å². The molecule has 2 aliphatic rings. The standard InChI is InChI=1S/C13H17NO3/c1-2-5-11(6-3-1)15-9-14-8-4-7-12-13(14)17-10-16-12/h1-3,5-6,12-13H,4,7-10H2. The van der Waals surface area contributed by atoms with Crippen molar-refractivity contribution in [1.29, 1.82) is 0 Å². The lowest BCUT2D eigenvalue weighted by Gasteiger charge is -2.34. The lowest BCUT2D eigenvalue weighted by atomic mass is 10.1. The summed E-state index contributed by atoms with van der Waals surface area (Å²) in [5.41, 5.74) is 0. The molecule has 92 valence electrons. The molecular formula is C13H17NO3. The maximum Gasteiger partial charge on any atom is 0.149 e. The Kier molecular flexibility index (Phi) is 3.27. The summed E-state index contributed by atoms with van der Waals surface area (Å²) in [5, 5.41) is 0. The van der Waals surface area contributed by atoms with Crippen LogP contribution in [0.1, 0.15) is 12.8 Å². The van der Waals surface area contributed by atoms with Crippen LogP contribution in [0.15, 0.2) is 30.3 Å². The van der Waals surface area contributed by atoms with Crippen LogP contribution in [0.4, 0.5) is 0 Å². The fourth-order valence-electron chi connectivity index (χ4n) is 2.39. The van der Waals surface area contributed by atoms with Crippen molar-refractivity contribution >= 4 is 0 Å². The van der Waals surface area contributed by atoms with Crippen LogP contribution in [0.25, 0.3) is 0 Å². The Morgan fingerprint density at radius 3 is 3.00 bits per heavy atom. The third-order valence-electron chi connectivity index (χ3n) is 3.27. The van der Waals surface area contributed by atoms with Gasteiger partial charge < -0.3 is 14.2 Å². The zero-order valence-corrected chi connectivity index (χ0v) is 9.75. The largest absolute Gasteiger partial charge is 0.478 e. The van der Waals surface area contributed by atoms with Gasteiger partial charge in [-0.3, -0.25) is 0 Å². The zero-order valence-electron chi connectivity index (χ0n) is 9.75. The van der Waals surface area contributed by atoms with Crippen LogP contribution in [0.2, 0.25) is 0 Å². The summed E-state index contributed by atoms with van der Waals surface area (Å²) < 4.78 is 16.8. The lowest BCUT2D eigenvalue weighted by molar-refractivity contribution is -0.0748.